The number of ether oxygens (including phenoxy) is 2. The lowest BCUT2D eigenvalue weighted by atomic mass is 10.1. The number of carbonyl (C=O) groups excluding carboxylic acids is 2. The number of anilines is 1. The van der Waals surface area contributed by atoms with Gasteiger partial charge in [0.05, 0.1) is 17.1 Å². The molecule has 0 aliphatic carbocycles. The molecule has 0 saturated heterocycles. The number of amides is 1. The van der Waals surface area contributed by atoms with Crippen LogP contribution in [0.15, 0.2) is 48.5 Å². The third-order valence-electron chi connectivity index (χ3n) is 3.36. The number of nitrogens with zero attached hydrogens (tertiary/aromatic N) is 1. The molecule has 1 amide bonds. The summed E-state index contributed by atoms with van der Waals surface area (Å²) in [5.74, 6) is -0.960. The highest BCUT2D eigenvalue weighted by atomic mass is 16.6. The van der Waals surface area contributed by atoms with Gasteiger partial charge in [0.15, 0.2) is 0 Å². The number of benzene rings is 2. The zero-order valence-electron chi connectivity index (χ0n) is 14.1. The number of nitrogens with one attached hydrogen (secondary N) is 1. The van der Waals surface area contributed by atoms with Crippen molar-refractivity contribution in [3.63, 3.8) is 0 Å². The van der Waals surface area contributed by atoms with Crippen LogP contribution in [0.3, 0.4) is 0 Å². The monoisotopic (exact) mass is 358 g/mol. The molecule has 2 rings (SSSR count). The van der Waals surface area contributed by atoms with Crippen molar-refractivity contribution in [2.75, 3.05) is 25.1 Å². The van der Waals surface area contributed by atoms with Crippen molar-refractivity contribution in [1.29, 1.82) is 0 Å². The first-order valence-corrected chi connectivity index (χ1v) is 7.92. The van der Waals surface area contributed by atoms with Crippen LogP contribution < -0.4 is 5.32 Å². The molecule has 2 aromatic rings. The minimum Gasteiger partial charge on any atom is -0.460 e. The lowest BCUT2D eigenvalue weighted by Gasteiger charge is -2.08. The van der Waals surface area contributed by atoms with Crippen molar-refractivity contribution in [2.45, 2.75) is 6.92 Å². The summed E-state index contributed by atoms with van der Waals surface area (Å²) in [4.78, 5) is 34.3. The highest BCUT2D eigenvalue weighted by molar-refractivity contribution is 6.05. The highest BCUT2D eigenvalue weighted by Gasteiger charge is 2.12. The van der Waals surface area contributed by atoms with Gasteiger partial charge in [-0.2, -0.15) is 0 Å². The Hall–Kier alpha value is -3.26. The lowest BCUT2D eigenvalue weighted by molar-refractivity contribution is -0.384. The minimum atomic E-state index is -0.539. The quantitative estimate of drug-likeness (QED) is 0.336. The Kier molecular flexibility index (Phi) is 6.81. The normalized spacial score (nSPS) is 10.2. The number of rotatable bonds is 8. The lowest BCUT2D eigenvalue weighted by Crippen LogP contribution is -2.13. The van der Waals surface area contributed by atoms with Gasteiger partial charge < -0.3 is 14.8 Å². The van der Waals surface area contributed by atoms with Gasteiger partial charge in [-0.15, -0.1) is 0 Å². The van der Waals surface area contributed by atoms with Gasteiger partial charge in [-0.25, -0.2) is 4.79 Å². The summed E-state index contributed by atoms with van der Waals surface area (Å²) in [6.07, 6.45) is 0. The summed E-state index contributed by atoms with van der Waals surface area (Å²) in [6, 6.07) is 11.5. The van der Waals surface area contributed by atoms with Gasteiger partial charge >= 0.3 is 5.97 Å². The van der Waals surface area contributed by atoms with Gasteiger partial charge in [0, 0.05) is 30.0 Å². The number of nitro groups is 1. The number of hydrogen-bond donors (Lipinski definition) is 1. The second kappa shape index (κ2) is 9.28. The van der Waals surface area contributed by atoms with E-state index in [0.29, 0.717) is 24.5 Å². The van der Waals surface area contributed by atoms with E-state index < -0.39 is 16.8 Å². The summed E-state index contributed by atoms with van der Waals surface area (Å²) in [7, 11) is 0. The van der Waals surface area contributed by atoms with E-state index in [4.69, 9.17) is 9.47 Å². The zero-order chi connectivity index (χ0) is 18.9. The molecule has 0 saturated carbocycles. The van der Waals surface area contributed by atoms with Crippen molar-refractivity contribution in [3.8, 4) is 0 Å². The SMILES string of the molecule is CCOCCOC(=O)c1cccc(NC(=O)c2ccc([N+](=O)[O-])cc2)c1. The zero-order valence-corrected chi connectivity index (χ0v) is 14.1. The molecule has 0 unspecified atom stereocenters. The van der Waals surface area contributed by atoms with Gasteiger partial charge in [0.2, 0.25) is 0 Å². The van der Waals surface area contributed by atoms with Crippen LogP contribution in [0.5, 0.6) is 0 Å². The summed E-state index contributed by atoms with van der Waals surface area (Å²) in [6.45, 7) is 2.85. The molecule has 0 atom stereocenters. The predicted molar refractivity (Wildman–Crippen MR) is 94.3 cm³/mol. The molecule has 0 aromatic heterocycles. The molecule has 26 heavy (non-hydrogen) atoms. The Morgan fingerprint density at radius 2 is 1.81 bits per heavy atom. The number of carbonyl (C=O) groups is 2. The molecule has 0 radical (unpaired) electrons. The summed E-state index contributed by atoms with van der Waals surface area (Å²) < 4.78 is 10.2. The van der Waals surface area contributed by atoms with Crippen LogP contribution in [0.25, 0.3) is 0 Å². The largest absolute Gasteiger partial charge is 0.460 e. The fraction of sp³-hybridized carbons (Fsp3) is 0.222. The van der Waals surface area contributed by atoms with Crippen molar-refractivity contribution >= 4 is 23.3 Å². The van der Waals surface area contributed by atoms with Gasteiger partial charge in [-0.3, -0.25) is 14.9 Å². The van der Waals surface area contributed by atoms with Crippen molar-refractivity contribution in [1.82, 2.24) is 0 Å². The second-order valence-electron chi connectivity index (χ2n) is 5.17. The van der Waals surface area contributed by atoms with Gasteiger partial charge in [-0.1, -0.05) is 6.07 Å². The van der Waals surface area contributed by atoms with Gasteiger partial charge in [-0.05, 0) is 37.3 Å². The smallest absolute Gasteiger partial charge is 0.338 e. The van der Waals surface area contributed by atoms with E-state index in [1.165, 1.54) is 30.3 Å². The van der Waals surface area contributed by atoms with Gasteiger partial charge in [0.1, 0.15) is 6.61 Å². The summed E-state index contributed by atoms with van der Waals surface area (Å²) >= 11 is 0. The molecule has 2 aromatic carbocycles. The van der Waals surface area contributed by atoms with E-state index >= 15 is 0 Å². The number of hydrogen-bond acceptors (Lipinski definition) is 6. The molecule has 0 spiro atoms. The van der Waals surface area contributed by atoms with E-state index in [1.54, 1.807) is 18.2 Å². The molecule has 8 nitrogen and oxygen atoms in total. The van der Waals surface area contributed by atoms with Crippen LogP contribution in [0.1, 0.15) is 27.6 Å². The molecule has 0 fully saturated rings. The highest BCUT2D eigenvalue weighted by Crippen LogP contribution is 2.16. The number of esters is 1. The fourth-order valence-corrected chi connectivity index (χ4v) is 2.08. The predicted octanol–water partition coefficient (Wildman–Crippen LogP) is 3.04. The Bertz CT molecular complexity index is 789. The Balaban J connectivity index is 1.99. The van der Waals surface area contributed by atoms with Crippen LogP contribution in [-0.4, -0.2) is 36.6 Å². The van der Waals surface area contributed by atoms with E-state index in [0.717, 1.165) is 0 Å². The van der Waals surface area contributed by atoms with Crippen molar-refractivity contribution in [2.24, 2.45) is 0 Å². The Labute approximate surface area is 149 Å². The number of nitro benzene ring substituents is 1. The fourth-order valence-electron chi connectivity index (χ4n) is 2.08. The van der Waals surface area contributed by atoms with Crippen LogP contribution in [0.2, 0.25) is 0 Å². The molecule has 0 aliphatic heterocycles. The third kappa shape index (κ3) is 5.38. The van der Waals surface area contributed by atoms with E-state index in [-0.39, 0.29) is 17.9 Å². The van der Waals surface area contributed by atoms with Crippen LogP contribution in [-0.2, 0) is 9.47 Å². The minimum absolute atomic E-state index is 0.0988. The van der Waals surface area contributed by atoms with Crippen molar-refractivity contribution in [3.05, 3.63) is 69.8 Å². The first-order chi connectivity index (χ1) is 12.5. The molecule has 136 valence electrons. The molecule has 0 aliphatic rings. The van der Waals surface area contributed by atoms with Crippen LogP contribution >= 0.6 is 0 Å². The maximum absolute atomic E-state index is 12.2. The van der Waals surface area contributed by atoms with E-state index in [2.05, 4.69) is 5.32 Å². The molecular weight excluding hydrogens is 340 g/mol. The molecule has 0 bridgehead atoms. The van der Waals surface area contributed by atoms with Crippen LogP contribution in [0.4, 0.5) is 11.4 Å². The third-order valence-corrected chi connectivity index (χ3v) is 3.36. The number of non-ortho nitro benzene ring substituents is 1. The molecule has 8 heteroatoms. The van der Waals surface area contributed by atoms with Gasteiger partial charge in [0.25, 0.3) is 11.6 Å². The van der Waals surface area contributed by atoms with E-state index in [1.807, 2.05) is 6.92 Å². The molecule has 0 heterocycles. The summed E-state index contributed by atoms with van der Waals surface area (Å²) in [5, 5.41) is 13.3. The van der Waals surface area contributed by atoms with Crippen molar-refractivity contribution < 1.29 is 24.0 Å². The summed E-state index contributed by atoms with van der Waals surface area (Å²) in [5.41, 5.74) is 0.870. The maximum Gasteiger partial charge on any atom is 0.338 e. The topological polar surface area (TPSA) is 108 Å². The Morgan fingerprint density at radius 3 is 2.46 bits per heavy atom. The first kappa shape index (κ1) is 19.1. The second-order valence-corrected chi connectivity index (χ2v) is 5.17. The first-order valence-electron chi connectivity index (χ1n) is 7.92. The van der Waals surface area contributed by atoms with Crippen LogP contribution in [0, 0.1) is 10.1 Å². The molecular formula is C18H18N2O6. The molecule has 1 N–H and O–H groups in total. The maximum atomic E-state index is 12.2. The Morgan fingerprint density at radius 1 is 1.08 bits per heavy atom. The average Bonchev–Trinajstić information content (AvgIpc) is 2.65. The average molecular weight is 358 g/mol. The van der Waals surface area contributed by atoms with E-state index in [9.17, 15) is 19.7 Å². The standard InChI is InChI=1S/C18H18N2O6/c1-2-25-10-11-26-18(22)14-4-3-5-15(12-14)19-17(21)13-6-8-16(9-7-13)20(23)24/h3-9,12H,2,10-11H2,1H3,(H,19,21).